The van der Waals surface area contributed by atoms with E-state index in [4.69, 9.17) is 21.1 Å². The quantitative estimate of drug-likeness (QED) is 0.354. The van der Waals surface area contributed by atoms with Crippen molar-refractivity contribution in [1.29, 1.82) is 0 Å². The molecule has 0 aliphatic rings. The van der Waals surface area contributed by atoms with Crippen LogP contribution in [0.15, 0.2) is 48.1 Å². The molecule has 2 aromatic heterocycles. The highest BCUT2D eigenvalue weighted by Crippen LogP contribution is 2.41. The van der Waals surface area contributed by atoms with Crippen LogP contribution < -0.4 is 14.8 Å². The highest BCUT2D eigenvalue weighted by atomic mass is 35.5. The molecule has 4 aromatic rings. The standard InChI is InChI=1S/C23H22ClN3O2S/c1-13(2)14-5-7-15(8-6-14)16-11-30-23-21(16)22(25-12-26-23)27-18-10-19(28-3)17(24)9-20(18)29-4/h5-13H,1-4H3,(H,25,26,27). The van der Waals surface area contributed by atoms with Gasteiger partial charge >= 0.3 is 0 Å². The number of methoxy groups -OCH3 is 2. The maximum Gasteiger partial charge on any atom is 0.144 e. The first kappa shape index (κ1) is 20.4. The molecule has 0 spiro atoms. The molecule has 0 aliphatic carbocycles. The van der Waals surface area contributed by atoms with Gasteiger partial charge in [0, 0.05) is 23.1 Å². The van der Waals surface area contributed by atoms with Crippen molar-refractivity contribution in [3.05, 3.63) is 58.7 Å². The number of hydrogen-bond donors (Lipinski definition) is 1. The number of nitrogens with zero attached hydrogens (tertiary/aromatic N) is 2. The second-order valence-corrected chi connectivity index (χ2v) is 8.41. The van der Waals surface area contributed by atoms with Gasteiger partial charge in [0.25, 0.3) is 0 Å². The fraction of sp³-hybridized carbons (Fsp3) is 0.217. The largest absolute Gasteiger partial charge is 0.495 e. The van der Waals surface area contributed by atoms with E-state index < -0.39 is 0 Å². The number of fused-ring (bicyclic) bond motifs is 1. The van der Waals surface area contributed by atoms with Gasteiger partial charge in [-0.3, -0.25) is 0 Å². The SMILES string of the molecule is COc1cc(Nc2ncnc3scc(-c4ccc(C(C)C)cc4)c23)c(OC)cc1Cl. The molecule has 0 saturated heterocycles. The second kappa shape index (κ2) is 8.50. The van der Waals surface area contributed by atoms with Crippen molar-refractivity contribution in [3.63, 3.8) is 0 Å². The van der Waals surface area contributed by atoms with Crippen LogP contribution in [0.5, 0.6) is 11.5 Å². The monoisotopic (exact) mass is 439 g/mol. The fourth-order valence-corrected chi connectivity index (χ4v) is 4.46. The van der Waals surface area contributed by atoms with Gasteiger partial charge in [-0.15, -0.1) is 11.3 Å². The van der Waals surface area contributed by atoms with E-state index in [1.807, 2.05) is 0 Å². The van der Waals surface area contributed by atoms with Crippen LogP contribution >= 0.6 is 22.9 Å². The lowest BCUT2D eigenvalue weighted by Gasteiger charge is -2.14. The predicted molar refractivity (Wildman–Crippen MR) is 125 cm³/mol. The number of benzene rings is 2. The summed E-state index contributed by atoms with van der Waals surface area (Å²) >= 11 is 7.84. The summed E-state index contributed by atoms with van der Waals surface area (Å²) in [6.45, 7) is 4.39. The van der Waals surface area contributed by atoms with Crippen LogP contribution in [0.4, 0.5) is 11.5 Å². The predicted octanol–water partition coefficient (Wildman–Crippen LogP) is 6.90. The molecule has 0 amide bonds. The normalized spacial score (nSPS) is 11.1. The Morgan fingerprint density at radius 3 is 2.40 bits per heavy atom. The summed E-state index contributed by atoms with van der Waals surface area (Å²) in [5.41, 5.74) is 4.24. The summed E-state index contributed by atoms with van der Waals surface area (Å²) < 4.78 is 10.9. The molecule has 0 atom stereocenters. The van der Waals surface area contributed by atoms with Crippen LogP contribution in [0.25, 0.3) is 21.3 Å². The molecule has 0 saturated carbocycles. The van der Waals surface area contributed by atoms with Crippen LogP contribution in [-0.4, -0.2) is 24.2 Å². The van der Waals surface area contributed by atoms with Gasteiger partial charge in [0.15, 0.2) is 0 Å². The number of aromatic nitrogens is 2. The molecule has 1 N–H and O–H groups in total. The minimum absolute atomic E-state index is 0.481. The lowest BCUT2D eigenvalue weighted by atomic mass is 9.99. The second-order valence-electron chi connectivity index (χ2n) is 7.14. The van der Waals surface area contributed by atoms with Gasteiger partial charge in [-0.25, -0.2) is 9.97 Å². The van der Waals surface area contributed by atoms with Gasteiger partial charge in [0.05, 0.1) is 30.3 Å². The van der Waals surface area contributed by atoms with E-state index in [0.717, 1.165) is 21.3 Å². The van der Waals surface area contributed by atoms with Crippen LogP contribution in [-0.2, 0) is 0 Å². The Bertz CT molecular complexity index is 1190. The summed E-state index contributed by atoms with van der Waals surface area (Å²) in [5, 5.41) is 6.95. The van der Waals surface area contributed by atoms with E-state index in [0.29, 0.717) is 33.9 Å². The maximum atomic E-state index is 6.24. The smallest absolute Gasteiger partial charge is 0.144 e. The first-order chi connectivity index (χ1) is 14.5. The van der Waals surface area contributed by atoms with E-state index in [2.05, 4.69) is 58.8 Å². The van der Waals surface area contributed by atoms with Crippen molar-refractivity contribution < 1.29 is 9.47 Å². The molecule has 0 unspecified atom stereocenters. The molecular weight excluding hydrogens is 418 g/mol. The third-order valence-electron chi connectivity index (χ3n) is 4.99. The maximum absolute atomic E-state index is 6.24. The average Bonchev–Trinajstić information content (AvgIpc) is 3.20. The number of anilines is 2. The van der Waals surface area contributed by atoms with E-state index in [9.17, 15) is 0 Å². The fourth-order valence-electron chi connectivity index (χ4n) is 3.32. The molecule has 0 fully saturated rings. The summed E-state index contributed by atoms with van der Waals surface area (Å²) in [5.74, 6) is 2.35. The minimum Gasteiger partial charge on any atom is -0.495 e. The molecule has 30 heavy (non-hydrogen) atoms. The van der Waals surface area contributed by atoms with Crippen molar-refractivity contribution in [2.75, 3.05) is 19.5 Å². The zero-order chi connectivity index (χ0) is 21.3. The van der Waals surface area contributed by atoms with Crippen molar-refractivity contribution >= 4 is 44.7 Å². The van der Waals surface area contributed by atoms with Gasteiger partial charge in [0.2, 0.25) is 0 Å². The Hall–Kier alpha value is -2.83. The molecule has 7 heteroatoms. The van der Waals surface area contributed by atoms with Crippen LogP contribution in [0, 0.1) is 0 Å². The summed E-state index contributed by atoms with van der Waals surface area (Å²) in [7, 11) is 3.18. The van der Waals surface area contributed by atoms with E-state index in [1.165, 1.54) is 5.56 Å². The summed E-state index contributed by atoms with van der Waals surface area (Å²) in [4.78, 5) is 9.88. The van der Waals surface area contributed by atoms with Crippen molar-refractivity contribution in [2.45, 2.75) is 19.8 Å². The third-order valence-corrected chi connectivity index (χ3v) is 6.17. The Balaban J connectivity index is 1.81. The van der Waals surface area contributed by atoms with E-state index in [1.54, 1.807) is 44.0 Å². The molecular formula is C23H22ClN3O2S. The van der Waals surface area contributed by atoms with Crippen molar-refractivity contribution in [3.8, 4) is 22.6 Å². The first-order valence-electron chi connectivity index (χ1n) is 9.53. The Kier molecular flexibility index (Phi) is 5.79. The molecule has 0 radical (unpaired) electrons. The molecule has 0 aliphatic heterocycles. The zero-order valence-corrected chi connectivity index (χ0v) is 18.8. The highest BCUT2D eigenvalue weighted by molar-refractivity contribution is 7.17. The molecule has 2 heterocycles. The summed E-state index contributed by atoms with van der Waals surface area (Å²) in [6.07, 6.45) is 1.56. The Morgan fingerprint density at radius 1 is 1.00 bits per heavy atom. The van der Waals surface area contributed by atoms with Gasteiger partial charge in [-0.05, 0) is 17.0 Å². The van der Waals surface area contributed by atoms with Crippen LogP contribution in [0.2, 0.25) is 5.02 Å². The van der Waals surface area contributed by atoms with Gasteiger partial charge < -0.3 is 14.8 Å². The lowest BCUT2D eigenvalue weighted by Crippen LogP contribution is -1.99. The Labute approximate surface area is 184 Å². The van der Waals surface area contributed by atoms with Gasteiger partial charge in [0.1, 0.15) is 28.5 Å². The number of rotatable bonds is 6. The van der Waals surface area contributed by atoms with Gasteiger partial charge in [-0.2, -0.15) is 0 Å². The topological polar surface area (TPSA) is 56.3 Å². The van der Waals surface area contributed by atoms with Gasteiger partial charge in [-0.1, -0.05) is 49.7 Å². The number of halogens is 1. The zero-order valence-electron chi connectivity index (χ0n) is 17.2. The molecule has 2 aromatic carbocycles. The molecule has 4 rings (SSSR count). The van der Waals surface area contributed by atoms with E-state index in [-0.39, 0.29) is 0 Å². The third kappa shape index (κ3) is 3.80. The average molecular weight is 440 g/mol. The first-order valence-corrected chi connectivity index (χ1v) is 10.8. The summed E-state index contributed by atoms with van der Waals surface area (Å²) in [6, 6.07) is 12.2. The molecule has 154 valence electrons. The number of thiophene rings is 1. The van der Waals surface area contributed by atoms with E-state index >= 15 is 0 Å². The number of ether oxygens (including phenoxy) is 2. The molecule has 5 nitrogen and oxygen atoms in total. The van der Waals surface area contributed by atoms with Crippen molar-refractivity contribution in [2.24, 2.45) is 0 Å². The highest BCUT2D eigenvalue weighted by Gasteiger charge is 2.16. The molecule has 0 bridgehead atoms. The number of nitrogens with one attached hydrogen (secondary N) is 1. The van der Waals surface area contributed by atoms with Crippen LogP contribution in [0.3, 0.4) is 0 Å². The minimum atomic E-state index is 0.481. The van der Waals surface area contributed by atoms with Crippen LogP contribution in [0.1, 0.15) is 25.3 Å². The Morgan fingerprint density at radius 2 is 1.73 bits per heavy atom. The van der Waals surface area contributed by atoms with Crippen molar-refractivity contribution in [1.82, 2.24) is 9.97 Å². The number of hydrogen-bond acceptors (Lipinski definition) is 6. The lowest BCUT2D eigenvalue weighted by molar-refractivity contribution is 0.405.